The number of nitrogens with one attached hydrogen (secondary N) is 1. The molecule has 0 amide bonds. The number of H-pyrrole nitrogens is 1. The lowest BCUT2D eigenvalue weighted by atomic mass is 10.1. The summed E-state index contributed by atoms with van der Waals surface area (Å²) in [7, 11) is 0. The molecule has 108 valence electrons. The summed E-state index contributed by atoms with van der Waals surface area (Å²) < 4.78 is 0. The lowest BCUT2D eigenvalue weighted by Crippen LogP contribution is -2.10. The van der Waals surface area contributed by atoms with Crippen LogP contribution in [-0.2, 0) is 19.3 Å². The third-order valence-electron chi connectivity index (χ3n) is 2.86. The summed E-state index contributed by atoms with van der Waals surface area (Å²) >= 11 is 0. The third-order valence-corrected chi connectivity index (χ3v) is 2.86. The van der Waals surface area contributed by atoms with Crippen molar-refractivity contribution < 1.29 is 5.11 Å². The Hall–Kier alpha value is -2.10. The van der Waals surface area contributed by atoms with Gasteiger partial charge in [-0.2, -0.15) is 0 Å². The molecular formula is C16H22N2O2. The van der Waals surface area contributed by atoms with E-state index in [1.54, 1.807) is 0 Å². The fraction of sp³-hybridized carbons (Fsp3) is 0.375. The molecule has 0 aliphatic heterocycles. The van der Waals surface area contributed by atoms with Gasteiger partial charge in [-0.1, -0.05) is 45.0 Å². The minimum atomic E-state index is -0.321. The molecule has 1 aromatic heterocycles. The first-order chi connectivity index (χ1) is 9.67. The van der Waals surface area contributed by atoms with Crippen molar-refractivity contribution in [3.8, 4) is 5.88 Å². The Balaban J connectivity index is 0.000000956. The number of aromatic hydroxyl groups is 1. The number of aromatic amines is 1. The second kappa shape index (κ2) is 8.15. The van der Waals surface area contributed by atoms with Crippen LogP contribution in [0.25, 0.3) is 0 Å². The second-order valence-corrected chi connectivity index (χ2v) is 4.22. The zero-order chi connectivity index (χ0) is 15.0. The van der Waals surface area contributed by atoms with Crippen molar-refractivity contribution in [2.75, 3.05) is 0 Å². The molecule has 1 aromatic carbocycles. The first kappa shape index (κ1) is 16.0. The maximum atomic E-state index is 11.2. The molecular weight excluding hydrogens is 252 g/mol. The number of nitrogens with zero attached hydrogens (tertiary/aromatic N) is 1. The largest absolute Gasteiger partial charge is 0.493 e. The molecule has 0 spiro atoms. The number of aromatic nitrogens is 2. The molecule has 2 N–H and O–H groups in total. The predicted molar refractivity (Wildman–Crippen MR) is 81.1 cm³/mol. The van der Waals surface area contributed by atoms with Gasteiger partial charge >= 0.3 is 0 Å². The molecule has 4 heteroatoms. The van der Waals surface area contributed by atoms with Crippen molar-refractivity contribution in [1.82, 2.24) is 9.97 Å². The van der Waals surface area contributed by atoms with E-state index in [1.165, 1.54) is 11.1 Å². The van der Waals surface area contributed by atoms with Gasteiger partial charge in [-0.3, -0.25) is 4.79 Å². The molecule has 2 aromatic rings. The highest BCUT2D eigenvalue weighted by molar-refractivity contribution is 5.23. The van der Waals surface area contributed by atoms with E-state index in [9.17, 15) is 9.90 Å². The Morgan fingerprint density at radius 1 is 1.10 bits per heavy atom. The van der Waals surface area contributed by atoms with Crippen molar-refractivity contribution in [2.24, 2.45) is 0 Å². The number of rotatable bonds is 4. The molecule has 20 heavy (non-hydrogen) atoms. The van der Waals surface area contributed by atoms with Crippen LogP contribution in [0.15, 0.2) is 35.1 Å². The number of hydrogen-bond donors (Lipinski definition) is 2. The van der Waals surface area contributed by atoms with E-state index in [0.717, 1.165) is 18.9 Å². The normalized spacial score (nSPS) is 9.75. The zero-order valence-corrected chi connectivity index (χ0v) is 12.3. The van der Waals surface area contributed by atoms with Gasteiger partial charge in [0.15, 0.2) is 0 Å². The highest BCUT2D eigenvalue weighted by Gasteiger charge is 2.01. The molecule has 0 unspecified atom stereocenters. The molecule has 0 fully saturated rings. The number of hydrogen-bond acceptors (Lipinski definition) is 3. The summed E-state index contributed by atoms with van der Waals surface area (Å²) in [5, 5.41) is 9.23. The Labute approximate surface area is 119 Å². The third kappa shape index (κ3) is 4.88. The summed E-state index contributed by atoms with van der Waals surface area (Å²) in [6.45, 7) is 6.12. The van der Waals surface area contributed by atoms with Crippen molar-refractivity contribution in [3.63, 3.8) is 0 Å². The maximum absolute atomic E-state index is 11.2. The van der Waals surface area contributed by atoms with E-state index in [-0.39, 0.29) is 11.4 Å². The van der Waals surface area contributed by atoms with Gasteiger partial charge in [0.1, 0.15) is 5.82 Å². The predicted octanol–water partition coefficient (Wildman–Crippen LogP) is 2.85. The van der Waals surface area contributed by atoms with Gasteiger partial charge in [0.2, 0.25) is 5.88 Å². The van der Waals surface area contributed by atoms with Crippen LogP contribution in [0.2, 0.25) is 0 Å². The van der Waals surface area contributed by atoms with E-state index in [0.29, 0.717) is 12.2 Å². The summed E-state index contributed by atoms with van der Waals surface area (Å²) in [6, 6.07) is 9.45. The SMILES string of the molecule is CC.CCc1ccc(CCc2nc(O)cc(=O)[nH]2)cc1. The van der Waals surface area contributed by atoms with Gasteiger partial charge in [0, 0.05) is 6.42 Å². The topological polar surface area (TPSA) is 66.0 Å². The van der Waals surface area contributed by atoms with Crippen molar-refractivity contribution in [3.05, 3.63) is 57.6 Å². The van der Waals surface area contributed by atoms with Gasteiger partial charge in [-0.15, -0.1) is 0 Å². The molecule has 0 bridgehead atoms. The fourth-order valence-corrected chi connectivity index (χ4v) is 1.82. The lowest BCUT2D eigenvalue weighted by molar-refractivity contribution is 0.447. The molecule has 0 saturated heterocycles. The Morgan fingerprint density at radius 2 is 1.70 bits per heavy atom. The van der Waals surface area contributed by atoms with Crippen LogP contribution >= 0.6 is 0 Å². The van der Waals surface area contributed by atoms with Crippen molar-refractivity contribution in [2.45, 2.75) is 40.0 Å². The van der Waals surface area contributed by atoms with E-state index >= 15 is 0 Å². The van der Waals surface area contributed by atoms with Gasteiger partial charge in [0.05, 0.1) is 6.07 Å². The molecule has 4 nitrogen and oxygen atoms in total. The average Bonchev–Trinajstić information content (AvgIpc) is 2.47. The quantitative estimate of drug-likeness (QED) is 0.901. The molecule has 2 rings (SSSR count). The maximum Gasteiger partial charge on any atom is 0.254 e. The molecule has 0 aliphatic carbocycles. The first-order valence-electron chi connectivity index (χ1n) is 7.04. The van der Waals surface area contributed by atoms with E-state index in [2.05, 4.69) is 41.2 Å². The van der Waals surface area contributed by atoms with Crippen molar-refractivity contribution in [1.29, 1.82) is 0 Å². The second-order valence-electron chi connectivity index (χ2n) is 4.22. The van der Waals surface area contributed by atoms with E-state index < -0.39 is 0 Å². The minimum Gasteiger partial charge on any atom is -0.493 e. The Morgan fingerprint density at radius 3 is 2.25 bits per heavy atom. The van der Waals surface area contributed by atoms with Crippen LogP contribution in [0, 0.1) is 0 Å². The Kier molecular flexibility index (Phi) is 6.50. The average molecular weight is 274 g/mol. The van der Waals surface area contributed by atoms with Crippen molar-refractivity contribution >= 4 is 0 Å². The zero-order valence-electron chi connectivity index (χ0n) is 12.3. The first-order valence-corrected chi connectivity index (χ1v) is 7.04. The summed E-state index contributed by atoms with van der Waals surface area (Å²) in [5.74, 6) is 0.287. The highest BCUT2D eigenvalue weighted by atomic mass is 16.3. The number of aryl methyl sites for hydroxylation is 3. The minimum absolute atomic E-state index is 0.227. The van der Waals surface area contributed by atoms with Gasteiger partial charge in [0.25, 0.3) is 5.56 Å². The van der Waals surface area contributed by atoms with Crippen LogP contribution in [0.5, 0.6) is 5.88 Å². The molecule has 0 saturated carbocycles. The Bertz CT molecular complexity index is 574. The monoisotopic (exact) mass is 274 g/mol. The molecule has 1 heterocycles. The molecule has 0 atom stereocenters. The van der Waals surface area contributed by atoms with Crippen LogP contribution in [0.3, 0.4) is 0 Å². The van der Waals surface area contributed by atoms with Crippen LogP contribution in [0.1, 0.15) is 37.7 Å². The smallest absolute Gasteiger partial charge is 0.254 e. The van der Waals surface area contributed by atoms with Gasteiger partial charge in [-0.05, 0) is 24.0 Å². The van der Waals surface area contributed by atoms with Crippen LogP contribution < -0.4 is 5.56 Å². The van der Waals surface area contributed by atoms with E-state index in [1.807, 2.05) is 13.8 Å². The highest BCUT2D eigenvalue weighted by Crippen LogP contribution is 2.08. The van der Waals surface area contributed by atoms with Gasteiger partial charge < -0.3 is 10.1 Å². The van der Waals surface area contributed by atoms with Crippen LogP contribution in [0.4, 0.5) is 0 Å². The fourth-order valence-electron chi connectivity index (χ4n) is 1.82. The van der Waals surface area contributed by atoms with Crippen LogP contribution in [-0.4, -0.2) is 15.1 Å². The van der Waals surface area contributed by atoms with Gasteiger partial charge in [-0.25, -0.2) is 4.98 Å². The molecule has 0 aliphatic rings. The number of benzene rings is 1. The molecule has 0 radical (unpaired) electrons. The summed E-state index contributed by atoms with van der Waals surface area (Å²) in [5.41, 5.74) is 2.18. The standard InChI is InChI=1S/C14H16N2O2.C2H6/c1-2-10-3-5-11(6-4-10)7-8-12-15-13(17)9-14(18)16-12;1-2/h3-6,9H,2,7-8H2,1H3,(H2,15,16,17,18);1-2H3. The van der Waals surface area contributed by atoms with E-state index in [4.69, 9.17) is 0 Å². The lowest BCUT2D eigenvalue weighted by Gasteiger charge is -2.03. The summed E-state index contributed by atoms with van der Waals surface area (Å²) in [6.07, 6.45) is 2.42. The summed E-state index contributed by atoms with van der Waals surface area (Å²) in [4.78, 5) is 17.6.